The molecule has 3 saturated carbocycles. The molecule has 0 radical (unpaired) electrons. The molecule has 4 unspecified atom stereocenters. The Labute approximate surface area is 185 Å². The van der Waals surface area contributed by atoms with Gasteiger partial charge in [-0.2, -0.15) is 0 Å². The van der Waals surface area contributed by atoms with Gasteiger partial charge in [0.15, 0.2) is 17.2 Å². The number of fused-ring (bicyclic) bond motifs is 5. The highest BCUT2D eigenvalue weighted by Gasteiger charge is 2.77. The number of carbonyl (C=O) groups is 2. The van der Waals surface area contributed by atoms with Crippen LogP contribution in [0.4, 0.5) is 4.39 Å². The highest BCUT2D eigenvalue weighted by Crippen LogP contribution is 2.72. The van der Waals surface area contributed by atoms with E-state index in [0.717, 1.165) is 0 Å². The molecule has 4 rings (SSSR count). The first kappa shape index (κ1) is 23.9. The zero-order valence-corrected chi connectivity index (χ0v) is 19.2. The van der Waals surface area contributed by atoms with Crippen LogP contribution in [0.1, 0.15) is 46.5 Å². The van der Waals surface area contributed by atoms with Crippen LogP contribution >= 0.6 is 7.82 Å². The third-order valence-corrected chi connectivity index (χ3v) is 9.53. The van der Waals surface area contributed by atoms with Gasteiger partial charge in [-0.1, -0.05) is 25.5 Å². The highest BCUT2D eigenvalue weighted by molar-refractivity contribution is 7.46. The Morgan fingerprint density at radius 2 is 1.97 bits per heavy atom. The lowest BCUT2D eigenvalue weighted by Crippen LogP contribution is -2.69. The van der Waals surface area contributed by atoms with Gasteiger partial charge < -0.3 is 20.0 Å². The minimum atomic E-state index is -5.17. The number of Topliss-reactive ketones (excluding diaryl/α,β-unsaturated/α-hetero) is 1. The van der Waals surface area contributed by atoms with Crippen molar-refractivity contribution in [2.45, 2.75) is 63.8 Å². The van der Waals surface area contributed by atoms with Crippen molar-refractivity contribution in [2.75, 3.05) is 6.61 Å². The van der Waals surface area contributed by atoms with Gasteiger partial charge in [0.05, 0.1) is 6.10 Å². The van der Waals surface area contributed by atoms with Crippen molar-refractivity contribution in [1.29, 1.82) is 0 Å². The zero-order valence-electron chi connectivity index (χ0n) is 18.3. The summed E-state index contributed by atoms with van der Waals surface area (Å²) in [6.07, 6.45) is 3.34. The summed E-state index contributed by atoms with van der Waals surface area (Å²) >= 11 is 0. The molecule has 32 heavy (non-hydrogen) atoms. The number of rotatable bonds is 4. The molecule has 10 heteroatoms. The normalized spacial score (nSPS) is 48.0. The van der Waals surface area contributed by atoms with E-state index in [0.29, 0.717) is 18.4 Å². The fraction of sp³-hybridized carbons (Fsp3) is 0.727. The third kappa shape index (κ3) is 2.82. The first-order chi connectivity index (χ1) is 14.7. The summed E-state index contributed by atoms with van der Waals surface area (Å²) in [6, 6.07) is 0. The first-order valence-corrected chi connectivity index (χ1v) is 12.4. The average Bonchev–Trinajstić information content (AvgIpc) is 2.90. The van der Waals surface area contributed by atoms with Crippen molar-refractivity contribution in [3.05, 3.63) is 23.8 Å². The van der Waals surface area contributed by atoms with Gasteiger partial charge in [0.1, 0.15) is 12.2 Å². The van der Waals surface area contributed by atoms with Crippen LogP contribution in [0.25, 0.3) is 0 Å². The molecule has 0 bridgehead atoms. The minimum Gasteiger partial charge on any atom is -0.390 e. The van der Waals surface area contributed by atoms with Crippen LogP contribution in [0.2, 0.25) is 0 Å². The Kier molecular flexibility index (Phi) is 5.34. The summed E-state index contributed by atoms with van der Waals surface area (Å²) in [4.78, 5) is 44.2. The summed E-state index contributed by atoms with van der Waals surface area (Å²) in [5.41, 5.74) is -6.13. The fourth-order valence-electron chi connectivity index (χ4n) is 7.67. The summed E-state index contributed by atoms with van der Waals surface area (Å²) < 4.78 is 34.2. The van der Waals surface area contributed by atoms with Crippen LogP contribution in [0, 0.1) is 28.6 Å². The third-order valence-electron chi connectivity index (χ3n) is 9.00. The number of aliphatic hydroxyl groups is 2. The zero-order chi connectivity index (χ0) is 23.9. The fourth-order valence-corrected chi connectivity index (χ4v) is 8.54. The number of halogens is 1. The minimum absolute atomic E-state index is 0.230. The van der Waals surface area contributed by atoms with Crippen molar-refractivity contribution in [3.63, 3.8) is 0 Å². The van der Waals surface area contributed by atoms with Crippen molar-refractivity contribution in [2.24, 2.45) is 28.6 Å². The van der Waals surface area contributed by atoms with E-state index in [4.69, 9.17) is 4.52 Å². The number of phosphoric acid groups is 1. The number of allylic oxidation sites excluding steroid dienone is 4. The Bertz CT molecular complexity index is 973. The molecule has 4 aliphatic rings. The predicted octanol–water partition coefficient (Wildman–Crippen LogP) is 2.01. The van der Waals surface area contributed by atoms with Crippen molar-refractivity contribution in [1.82, 2.24) is 0 Å². The SMILES string of the molecule is CC1CC2C3CCC4=CC(=O)C=C[C@]4(C)[C@@]3(F)C(O)C[C@]2(C)[C@@]1(OP(=O)(O)O)C(=O)CO. The molecule has 0 amide bonds. The molecular weight excluding hydrogens is 442 g/mol. The Morgan fingerprint density at radius 1 is 1.31 bits per heavy atom. The summed E-state index contributed by atoms with van der Waals surface area (Å²) in [5.74, 6) is -3.13. The molecule has 0 spiro atoms. The lowest BCUT2D eigenvalue weighted by Gasteiger charge is -2.63. The van der Waals surface area contributed by atoms with E-state index in [9.17, 15) is 34.2 Å². The van der Waals surface area contributed by atoms with Gasteiger partial charge in [-0.3, -0.25) is 14.1 Å². The standard InChI is InChI=1S/C22H30FO8P/c1-12-8-16-15-5-4-13-9-14(25)6-7-19(13,2)21(15,23)17(26)10-20(16,3)22(12,18(27)11-24)31-32(28,29)30/h6-7,9,12,15-17,24,26H,4-5,8,10-11H2,1-3H3,(H2,28,29,30)/t12?,15?,16?,17?,19-,20-,21-,22-/m0/s1. The van der Waals surface area contributed by atoms with Gasteiger partial charge in [0.2, 0.25) is 0 Å². The number of aliphatic hydroxyl groups excluding tert-OH is 2. The highest BCUT2D eigenvalue weighted by atomic mass is 31.2. The average molecular weight is 472 g/mol. The van der Waals surface area contributed by atoms with Crippen molar-refractivity contribution in [3.8, 4) is 0 Å². The van der Waals surface area contributed by atoms with E-state index in [2.05, 4.69) is 0 Å². The Morgan fingerprint density at radius 3 is 2.56 bits per heavy atom. The van der Waals surface area contributed by atoms with Crippen LogP contribution in [0.5, 0.6) is 0 Å². The molecule has 3 fully saturated rings. The summed E-state index contributed by atoms with van der Waals surface area (Å²) in [6.45, 7) is 3.87. The van der Waals surface area contributed by atoms with Gasteiger partial charge in [-0.25, -0.2) is 8.96 Å². The molecule has 0 heterocycles. The monoisotopic (exact) mass is 472 g/mol. The predicted molar refractivity (Wildman–Crippen MR) is 111 cm³/mol. The lowest BCUT2D eigenvalue weighted by atomic mass is 9.44. The van der Waals surface area contributed by atoms with E-state index in [1.54, 1.807) is 20.8 Å². The van der Waals surface area contributed by atoms with Crippen molar-refractivity contribution >= 4 is 19.4 Å². The number of hydrogen-bond donors (Lipinski definition) is 4. The smallest absolute Gasteiger partial charge is 0.390 e. The number of phosphoric ester groups is 1. The molecule has 0 saturated heterocycles. The number of ketones is 2. The molecule has 0 aromatic rings. The Balaban J connectivity index is 1.87. The second-order valence-electron chi connectivity index (χ2n) is 10.3. The Hall–Kier alpha value is -1.22. The first-order valence-electron chi connectivity index (χ1n) is 10.9. The summed E-state index contributed by atoms with van der Waals surface area (Å²) in [7, 11) is -5.17. The van der Waals surface area contributed by atoms with E-state index >= 15 is 4.39 Å². The van der Waals surface area contributed by atoms with Crippen LogP contribution in [0.15, 0.2) is 23.8 Å². The van der Waals surface area contributed by atoms with Gasteiger partial charge in [-0.15, -0.1) is 0 Å². The summed E-state index contributed by atoms with van der Waals surface area (Å²) in [5, 5.41) is 21.0. The number of alkyl halides is 1. The maximum atomic E-state index is 17.1. The quantitative estimate of drug-likeness (QED) is 0.456. The lowest BCUT2D eigenvalue weighted by molar-refractivity contribution is -0.217. The van der Waals surface area contributed by atoms with Crippen molar-refractivity contribution < 1.29 is 43.1 Å². The molecule has 0 aromatic carbocycles. The van der Waals surface area contributed by atoms with Gasteiger partial charge in [-0.05, 0) is 56.6 Å². The van der Waals surface area contributed by atoms with E-state index < -0.39 is 66.2 Å². The van der Waals surface area contributed by atoms with Crippen LogP contribution in [-0.4, -0.2) is 55.5 Å². The van der Waals surface area contributed by atoms with Crippen LogP contribution < -0.4 is 0 Å². The van der Waals surface area contributed by atoms with Gasteiger partial charge >= 0.3 is 7.82 Å². The van der Waals surface area contributed by atoms with E-state index in [1.165, 1.54) is 18.2 Å². The molecule has 0 aliphatic heterocycles. The maximum absolute atomic E-state index is 17.1. The second-order valence-corrected chi connectivity index (χ2v) is 11.5. The van der Waals surface area contributed by atoms with E-state index in [-0.39, 0.29) is 18.6 Å². The maximum Gasteiger partial charge on any atom is 0.470 e. The molecule has 4 aliphatic carbocycles. The molecule has 8 atom stereocenters. The second kappa shape index (κ2) is 7.14. The van der Waals surface area contributed by atoms with Crippen LogP contribution in [0.3, 0.4) is 0 Å². The molecule has 178 valence electrons. The van der Waals surface area contributed by atoms with Gasteiger partial charge in [0, 0.05) is 16.7 Å². The van der Waals surface area contributed by atoms with E-state index in [1.807, 2.05) is 0 Å². The molecule has 4 N–H and O–H groups in total. The molecular formula is C22H30FO8P. The topological polar surface area (TPSA) is 141 Å². The van der Waals surface area contributed by atoms with Gasteiger partial charge in [0.25, 0.3) is 0 Å². The number of hydrogen-bond acceptors (Lipinski definition) is 6. The molecule has 8 nitrogen and oxygen atoms in total. The van der Waals surface area contributed by atoms with Crippen LogP contribution in [-0.2, 0) is 18.7 Å². The largest absolute Gasteiger partial charge is 0.470 e. The number of carbonyl (C=O) groups excluding carboxylic acids is 2. The molecule has 0 aromatic heterocycles.